The number of nitrogens with one attached hydrogen (secondary N) is 2. The topological polar surface area (TPSA) is 84.3 Å². The molecule has 1 aliphatic heterocycles. The Morgan fingerprint density at radius 2 is 2.41 bits per heavy atom. The molecular weight excluding hydrogens is 242 g/mol. The number of hydrogen-bond acceptors (Lipinski definition) is 5. The van der Waals surface area contributed by atoms with Gasteiger partial charge in [0, 0.05) is 18.7 Å². The van der Waals surface area contributed by atoms with Gasteiger partial charge in [0.2, 0.25) is 0 Å². The third kappa shape index (κ3) is 3.01. The summed E-state index contributed by atoms with van der Waals surface area (Å²) < 4.78 is 0. The van der Waals surface area contributed by atoms with Crippen molar-refractivity contribution in [1.29, 1.82) is 0 Å². The van der Waals surface area contributed by atoms with Crippen LogP contribution in [0.1, 0.15) is 22.5 Å². The Hall–Kier alpha value is -1.47. The van der Waals surface area contributed by atoms with E-state index in [9.17, 15) is 14.9 Å². The first-order valence-corrected chi connectivity index (χ1v) is 6.24. The summed E-state index contributed by atoms with van der Waals surface area (Å²) in [5.74, 6) is -0.225. The molecule has 2 heterocycles. The van der Waals surface area contributed by atoms with Crippen LogP contribution in [-0.4, -0.2) is 30.0 Å². The number of hydrogen-bond donors (Lipinski definition) is 2. The fourth-order valence-electron chi connectivity index (χ4n) is 1.78. The van der Waals surface area contributed by atoms with Crippen LogP contribution in [0.5, 0.6) is 0 Å². The van der Waals surface area contributed by atoms with E-state index in [2.05, 4.69) is 10.6 Å². The van der Waals surface area contributed by atoms with Gasteiger partial charge in [-0.3, -0.25) is 14.9 Å². The van der Waals surface area contributed by atoms with Crippen LogP contribution < -0.4 is 10.6 Å². The van der Waals surface area contributed by atoms with Gasteiger partial charge < -0.3 is 10.6 Å². The van der Waals surface area contributed by atoms with Crippen molar-refractivity contribution in [3.05, 3.63) is 27.1 Å². The molecule has 1 fully saturated rings. The summed E-state index contributed by atoms with van der Waals surface area (Å²) >= 11 is 0.906. The highest BCUT2D eigenvalue weighted by Crippen LogP contribution is 2.23. The molecule has 92 valence electrons. The quantitative estimate of drug-likeness (QED) is 0.626. The molecule has 2 rings (SSSR count). The molecule has 0 aliphatic carbocycles. The van der Waals surface area contributed by atoms with E-state index < -0.39 is 4.92 Å². The minimum atomic E-state index is -0.483. The van der Waals surface area contributed by atoms with Crippen LogP contribution in [-0.2, 0) is 0 Å². The first-order chi connectivity index (χ1) is 8.16. The summed E-state index contributed by atoms with van der Waals surface area (Å²) in [6, 6.07) is 2.98. The lowest BCUT2D eigenvalue weighted by atomic mass is 10.1. The highest BCUT2D eigenvalue weighted by atomic mass is 32.1. The largest absolute Gasteiger partial charge is 0.347 e. The molecule has 17 heavy (non-hydrogen) atoms. The predicted molar refractivity (Wildman–Crippen MR) is 64.3 cm³/mol. The number of carbonyl (C=O) groups is 1. The van der Waals surface area contributed by atoms with E-state index in [0.717, 1.165) is 37.3 Å². The number of thiophene rings is 1. The molecule has 6 nitrogen and oxygen atoms in total. The van der Waals surface area contributed by atoms with Gasteiger partial charge in [0.05, 0.1) is 9.80 Å². The standard InChI is InChI=1S/C10H13N3O3S/c14-10(12-7-2-1-5-11-6-7)8-3-4-9(17-8)13(15)16/h3-4,7,11H,1-2,5-6H2,(H,12,14)/t7-/m1/s1. The Kier molecular flexibility index (Phi) is 3.70. The fourth-order valence-corrected chi connectivity index (χ4v) is 2.50. The monoisotopic (exact) mass is 255 g/mol. The second-order valence-corrected chi connectivity index (χ2v) is 4.97. The molecular formula is C10H13N3O3S. The van der Waals surface area contributed by atoms with Crippen molar-refractivity contribution in [3.63, 3.8) is 0 Å². The number of piperidine rings is 1. The van der Waals surface area contributed by atoms with Gasteiger partial charge >= 0.3 is 5.00 Å². The average molecular weight is 255 g/mol. The first kappa shape index (κ1) is 12.0. The molecule has 1 aliphatic rings. The molecule has 0 radical (unpaired) electrons. The molecule has 7 heteroatoms. The van der Waals surface area contributed by atoms with Gasteiger partial charge in [-0.25, -0.2) is 0 Å². The smallest absolute Gasteiger partial charge is 0.324 e. The van der Waals surface area contributed by atoms with Crippen molar-refractivity contribution in [3.8, 4) is 0 Å². The van der Waals surface area contributed by atoms with Crippen molar-refractivity contribution < 1.29 is 9.72 Å². The zero-order valence-corrected chi connectivity index (χ0v) is 9.96. The zero-order chi connectivity index (χ0) is 12.3. The lowest BCUT2D eigenvalue weighted by Gasteiger charge is -2.23. The normalized spacial score (nSPS) is 19.9. The van der Waals surface area contributed by atoms with Crippen LogP contribution in [0.4, 0.5) is 5.00 Å². The van der Waals surface area contributed by atoms with Gasteiger partial charge in [0.15, 0.2) is 0 Å². The molecule has 1 saturated heterocycles. The Morgan fingerprint density at radius 1 is 1.59 bits per heavy atom. The van der Waals surface area contributed by atoms with Gasteiger partial charge in [0.25, 0.3) is 5.91 Å². The fraction of sp³-hybridized carbons (Fsp3) is 0.500. The minimum Gasteiger partial charge on any atom is -0.347 e. The van der Waals surface area contributed by atoms with Crippen LogP contribution in [0.3, 0.4) is 0 Å². The maximum Gasteiger partial charge on any atom is 0.324 e. The van der Waals surface area contributed by atoms with E-state index in [-0.39, 0.29) is 17.0 Å². The van der Waals surface area contributed by atoms with Crippen molar-refractivity contribution >= 4 is 22.2 Å². The minimum absolute atomic E-state index is 0.00285. The predicted octanol–water partition coefficient (Wildman–Crippen LogP) is 1.14. The number of nitro groups is 1. The van der Waals surface area contributed by atoms with Gasteiger partial charge in [0.1, 0.15) is 0 Å². The lowest BCUT2D eigenvalue weighted by Crippen LogP contribution is -2.45. The highest BCUT2D eigenvalue weighted by Gasteiger charge is 2.19. The molecule has 0 saturated carbocycles. The van der Waals surface area contributed by atoms with Gasteiger partial charge in [-0.1, -0.05) is 11.3 Å². The third-order valence-electron chi connectivity index (χ3n) is 2.63. The summed E-state index contributed by atoms with van der Waals surface area (Å²) in [5, 5.41) is 16.6. The van der Waals surface area contributed by atoms with Crippen LogP contribution in [0.15, 0.2) is 12.1 Å². The van der Waals surface area contributed by atoms with Gasteiger partial charge in [-0.05, 0) is 25.5 Å². The van der Waals surface area contributed by atoms with E-state index in [4.69, 9.17) is 0 Å². The summed E-state index contributed by atoms with van der Waals surface area (Å²) in [4.78, 5) is 22.2. The summed E-state index contributed by atoms with van der Waals surface area (Å²) in [6.45, 7) is 1.75. The van der Waals surface area contributed by atoms with E-state index in [1.54, 1.807) is 0 Å². The number of rotatable bonds is 3. The van der Waals surface area contributed by atoms with E-state index in [1.807, 2.05) is 0 Å². The van der Waals surface area contributed by atoms with Crippen molar-refractivity contribution in [1.82, 2.24) is 10.6 Å². The maximum absolute atomic E-state index is 11.8. The molecule has 1 aromatic rings. The van der Waals surface area contributed by atoms with E-state index in [0.29, 0.717) is 4.88 Å². The van der Waals surface area contributed by atoms with Crippen molar-refractivity contribution in [2.45, 2.75) is 18.9 Å². The summed E-state index contributed by atoms with van der Waals surface area (Å²) in [7, 11) is 0. The highest BCUT2D eigenvalue weighted by molar-refractivity contribution is 7.17. The molecule has 1 amide bonds. The Bertz CT molecular complexity index is 426. The SMILES string of the molecule is O=C(N[C@@H]1CCCNC1)c1ccc([N+](=O)[O-])s1. The Morgan fingerprint density at radius 3 is 3.00 bits per heavy atom. The van der Waals surface area contributed by atoms with Crippen LogP contribution in [0.25, 0.3) is 0 Å². The molecule has 1 aromatic heterocycles. The Balaban J connectivity index is 1.96. The maximum atomic E-state index is 11.8. The second kappa shape index (κ2) is 5.24. The van der Waals surface area contributed by atoms with Crippen LogP contribution in [0.2, 0.25) is 0 Å². The average Bonchev–Trinajstić information content (AvgIpc) is 2.79. The van der Waals surface area contributed by atoms with Gasteiger partial charge in [-0.15, -0.1) is 0 Å². The van der Waals surface area contributed by atoms with Crippen molar-refractivity contribution in [2.24, 2.45) is 0 Å². The number of amides is 1. The summed E-state index contributed by atoms with van der Waals surface area (Å²) in [5.41, 5.74) is 0. The Labute approximate surface area is 102 Å². The summed E-state index contributed by atoms with van der Waals surface area (Å²) in [6.07, 6.45) is 1.99. The molecule has 1 atom stereocenters. The molecule has 0 aromatic carbocycles. The van der Waals surface area contributed by atoms with Crippen LogP contribution in [0, 0.1) is 10.1 Å². The second-order valence-electron chi connectivity index (χ2n) is 3.91. The van der Waals surface area contributed by atoms with Crippen molar-refractivity contribution in [2.75, 3.05) is 13.1 Å². The van der Waals surface area contributed by atoms with E-state index >= 15 is 0 Å². The van der Waals surface area contributed by atoms with Gasteiger partial charge in [-0.2, -0.15) is 0 Å². The lowest BCUT2D eigenvalue weighted by molar-refractivity contribution is -0.380. The van der Waals surface area contributed by atoms with E-state index in [1.165, 1.54) is 12.1 Å². The molecule has 0 unspecified atom stereocenters. The zero-order valence-electron chi connectivity index (χ0n) is 9.14. The van der Waals surface area contributed by atoms with Crippen LogP contribution >= 0.6 is 11.3 Å². The number of carbonyl (C=O) groups excluding carboxylic acids is 1. The first-order valence-electron chi connectivity index (χ1n) is 5.42. The molecule has 0 spiro atoms. The molecule has 0 bridgehead atoms. The molecule has 2 N–H and O–H groups in total. The third-order valence-corrected chi connectivity index (χ3v) is 3.66. The number of nitrogens with zero attached hydrogens (tertiary/aromatic N) is 1.